The molecule has 0 bridgehead atoms. The molecule has 11 heteroatoms. The number of alkyl halides is 3. The van der Waals surface area contributed by atoms with E-state index in [-0.39, 0.29) is 17.1 Å². The molecule has 0 aliphatic carbocycles. The second kappa shape index (κ2) is 7.28. The smallest absolute Gasteiger partial charge is 0.393 e. The summed E-state index contributed by atoms with van der Waals surface area (Å²) in [7, 11) is 0. The third-order valence-corrected chi connectivity index (χ3v) is 2.69. The second-order valence-corrected chi connectivity index (χ2v) is 4.13. The van der Waals surface area contributed by atoms with Gasteiger partial charge in [0.1, 0.15) is 5.92 Å². The molecule has 3 atom stereocenters. The van der Waals surface area contributed by atoms with Gasteiger partial charge in [-0.2, -0.15) is 22.0 Å². The van der Waals surface area contributed by atoms with Crippen molar-refractivity contribution >= 4 is 5.82 Å². The van der Waals surface area contributed by atoms with Crippen LogP contribution < -0.4 is 0 Å². The number of aliphatic hydroxyl groups excluding tert-OH is 2. The van der Waals surface area contributed by atoms with Crippen molar-refractivity contribution in [2.45, 2.75) is 25.3 Å². The summed E-state index contributed by atoms with van der Waals surface area (Å²) in [5.74, 6) is -10.4. The van der Waals surface area contributed by atoms with Crippen molar-refractivity contribution in [2.75, 3.05) is 0 Å². The number of rotatable bonds is 3. The van der Waals surface area contributed by atoms with Crippen LogP contribution in [0.2, 0.25) is 0 Å². The van der Waals surface area contributed by atoms with Crippen molar-refractivity contribution in [3.05, 3.63) is 34.6 Å². The normalized spacial score (nSPS) is 15.5. The molecular formula is C11H8F6FeN2O2. The maximum absolute atomic E-state index is 13.7. The van der Waals surface area contributed by atoms with Gasteiger partial charge in [0.15, 0.2) is 5.82 Å². The zero-order valence-corrected chi connectivity index (χ0v) is 11.7. The molecule has 124 valence electrons. The average molecular weight is 370 g/mol. The molecule has 22 heavy (non-hydrogen) atoms. The molecule has 0 saturated carbocycles. The second-order valence-electron chi connectivity index (χ2n) is 4.13. The van der Waals surface area contributed by atoms with Crippen LogP contribution in [0.25, 0.3) is 4.85 Å². The topological polar surface area (TPSA) is 57.7 Å². The summed E-state index contributed by atoms with van der Waals surface area (Å²) in [6.45, 7) is 7.13. The molecule has 1 aromatic heterocycles. The maximum Gasteiger partial charge on any atom is 0.397 e. The molecule has 1 rings (SSSR count). The first-order valence-electron chi connectivity index (χ1n) is 5.37. The predicted octanol–water partition coefficient (Wildman–Crippen LogP) is 2.64. The van der Waals surface area contributed by atoms with Crippen LogP contribution in [0.15, 0.2) is 0 Å². The van der Waals surface area contributed by atoms with Gasteiger partial charge in [0, 0.05) is 17.1 Å². The minimum Gasteiger partial charge on any atom is -0.393 e. The molecule has 0 saturated heterocycles. The summed E-state index contributed by atoms with van der Waals surface area (Å²) in [5.41, 5.74) is -1.70. The fourth-order valence-corrected chi connectivity index (χ4v) is 1.75. The van der Waals surface area contributed by atoms with E-state index < -0.39 is 53.3 Å². The zero-order valence-electron chi connectivity index (χ0n) is 10.6. The number of nitrogens with zero attached hydrogens (tertiary/aromatic N) is 2. The SMILES string of the molecule is [C-]#[N+]c1nc(F)c(F)c(C(O)C(C(C)O)C(F)(F)F)c1F.[Fe]. The van der Waals surface area contributed by atoms with E-state index in [4.69, 9.17) is 11.7 Å². The Hall–Kier alpha value is -1.34. The van der Waals surface area contributed by atoms with E-state index >= 15 is 0 Å². The minimum atomic E-state index is -5.22. The molecule has 0 spiro atoms. The van der Waals surface area contributed by atoms with Crippen LogP contribution >= 0.6 is 0 Å². The predicted molar refractivity (Wildman–Crippen MR) is 56.6 cm³/mol. The van der Waals surface area contributed by atoms with Crippen molar-refractivity contribution in [3.63, 3.8) is 0 Å². The van der Waals surface area contributed by atoms with Gasteiger partial charge in [-0.3, -0.25) is 0 Å². The first-order valence-corrected chi connectivity index (χ1v) is 5.37. The Labute approximate surface area is 131 Å². The number of hydrogen-bond donors (Lipinski definition) is 2. The average Bonchev–Trinajstić information content (AvgIpc) is 2.31. The monoisotopic (exact) mass is 370 g/mol. The summed E-state index contributed by atoms with van der Waals surface area (Å²) in [6, 6.07) is 0. The van der Waals surface area contributed by atoms with Gasteiger partial charge in [-0.1, -0.05) is 11.6 Å². The first-order chi connectivity index (χ1) is 9.52. The standard InChI is InChI=1S/C11H8F6N2O2.Fe/c1-3(20)5(11(15,16)17)8(21)4-6(12)9(14)19-10(18-2)7(4)13;/h3,5,8,20-21H,1H3;. The van der Waals surface area contributed by atoms with Crippen molar-refractivity contribution in [1.82, 2.24) is 4.98 Å². The van der Waals surface area contributed by atoms with Gasteiger partial charge in [-0.05, 0) is 6.92 Å². The van der Waals surface area contributed by atoms with Crippen LogP contribution in [0.5, 0.6) is 0 Å². The molecule has 0 aromatic carbocycles. The Morgan fingerprint density at radius 1 is 1.14 bits per heavy atom. The Balaban J connectivity index is 0.00000441. The minimum absolute atomic E-state index is 0. The van der Waals surface area contributed by atoms with Gasteiger partial charge < -0.3 is 15.1 Å². The van der Waals surface area contributed by atoms with E-state index in [0.717, 1.165) is 0 Å². The van der Waals surface area contributed by atoms with E-state index in [1.165, 1.54) is 0 Å². The molecule has 2 N–H and O–H groups in total. The van der Waals surface area contributed by atoms with E-state index in [2.05, 4.69) is 9.83 Å². The summed E-state index contributed by atoms with van der Waals surface area (Å²) in [6.07, 6.45) is -10.4. The van der Waals surface area contributed by atoms with Crippen molar-refractivity contribution in [2.24, 2.45) is 5.92 Å². The number of aliphatic hydroxyl groups is 2. The molecule has 1 aromatic rings. The Morgan fingerprint density at radius 2 is 1.64 bits per heavy atom. The molecule has 3 unspecified atom stereocenters. The van der Waals surface area contributed by atoms with E-state index in [1.807, 2.05) is 0 Å². The zero-order chi connectivity index (χ0) is 16.5. The molecule has 0 fully saturated rings. The molecule has 4 nitrogen and oxygen atoms in total. The summed E-state index contributed by atoms with van der Waals surface area (Å²) in [5, 5.41) is 18.6. The third kappa shape index (κ3) is 3.89. The van der Waals surface area contributed by atoms with Gasteiger partial charge in [0.25, 0.3) is 0 Å². The molecule has 0 aliphatic heterocycles. The van der Waals surface area contributed by atoms with Crippen LogP contribution in [0.1, 0.15) is 18.6 Å². The van der Waals surface area contributed by atoms with Crippen molar-refractivity contribution < 1.29 is 53.6 Å². The quantitative estimate of drug-likeness (QED) is 0.372. The third-order valence-electron chi connectivity index (χ3n) is 2.69. The van der Waals surface area contributed by atoms with E-state index in [1.54, 1.807) is 0 Å². The molecule has 0 amide bonds. The van der Waals surface area contributed by atoms with Gasteiger partial charge in [-0.15, -0.1) is 0 Å². The largest absolute Gasteiger partial charge is 0.397 e. The number of aromatic nitrogens is 1. The molecular weight excluding hydrogens is 362 g/mol. The van der Waals surface area contributed by atoms with Crippen LogP contribution in [-0.2, 0) is 17.1 Å². The number of halogens is 6. The summed E-state index contributed by atoms with van der Waals surface area (Å²) >= 11 is 0. The van der Waals surface area contributed by atoms with Crippen LogP contribution in [0, 0.1) is 30.1 Å². The Morgan fingerprint density at radius 3 is 2.00 bits per heavy atom. The van der Waals surface area contributed by atoms with Gasteiger partial charge in [-0.25, -0.2) is 4.39 Å². The molecule has 0 radical (unpaired) electrons. The number of pyridine rings is 1. The van der Waals surface area contributed by atoms with Crippen molar-refractivity contribution in [3.8, 4) is 0 Å². The Bertz CT molecular complexity index is 587. The van der Waals surface area contributed by atoms with E-state index in [9.17, 15) is 31.4 Å². The first kappa shape index (κ1) is 20.7. The van der Waals surface area contributed by atoms with Crippen LogP contribution in [-0.4, -0.2) is 27.5 Å². The Kier molecular flexibility index (Phi) is 6.84. The summed E-state index contributed by atoms with van der Waals surface area (Å²) < 4.78 is 78.4. The van der Waals surface area contributed by atoms with E-state index in [0.29, 0.717) is 6.92 Å². The van der Waals surface area contributed by atoms with Gasteiger partial charge >= 0.3 is 17.9 Å². The maximum atomic E-state index is 13.7. The summed E-state index contributed by atoms with van der Waals surface area (Å²) in [4.78, 5) is 4.96. The van der Waals surface area contributed by atoms with Crippen molar-refractivity contribution in [1.29, 1.82) is 0 Å². The van der Waals surface area contributed by atoms with Crippen LogP contribution in [0.4, 0.5) is 32.2 Å². The van der Waals surface area contributed by atoms with Gasteiger partial charge in [0.05, 0.1) is 17.8 Å². The van der Waals surface area contributed by atoms with Gasteiger partial charge in [0.2, 0.25) is 5.82 Å². The molecule has 0 aliphatic rings. The fourth-order valence-electron chi connectivity index (χ4n) is 1.75. The van der Waals surface area contributed by atoms with Crippen LogP contribution in [0.3, 0.4) is 0 Å². The number of hydrogen-bond acceptors (Lipinski definition) is 3. The molecule has 1 heterocycles. The fraction of sp³-hybridized carbons (Fsp3) is 0.455.